The average Bonchev–Trinajstić information content (AvgIpc) is 2.71. The molecule has 4 nitrogen and oxygen atoms in total. The summed E-state index contributed by atoms with van der Waals surface area (Å²) in [6, 6.07) is 1.84. The van der Waals surface area contributed by atoms with E-state index in [2.05, 4.69) is 27.7 Å². The molecule has 1 aromatic rings. The highest BCUT2D eigenvalue weighted by Gasteiger charge is 2.10. The summed E-state index contributed by atoms with van der Waals surface area (Å²) < 4.78 is 0. The fourth-order valence-corrected chi connectivity index (χ4v) is 1.70. The van der Waals surface area contributed by atoms with Gasteiger partial charge in [-0.05, 0) is 0 Å². The van der Waals surface area contributed by atoms with Gasteiger partial charge in [0.2, 0.25) is 0 Å². The van der Waals surface area contributed by atoms with Crippen molar-refractivity contribution in [3.05, 3.63) is 18.1 Å². The topological polar surface area (TPSA) is 41.4 Å². The number of rotatable bonds is 2. The van der Waals surface area contributed by atoms with E-state index in [1.54, 1.807) is 18.0 Å². The van der Waals surface area contributed by atoms with E-state index < -0.39 is 0 Å². The molecular weight excluding hydrogens is 204 g/mol. The lowest BCUT2D eigenvalue weighted by Crippen LogP contribution is -2.13. The van der Waals surface area contributed by atoms with Crippen molar-refractivity contribution in [2.45, 2.75) is 5.75 Å². The van der Waals surface area contributed by atoms with E-state index in [1.165, 1.54) is 0 Å². The van der Waals surface area contributed by atoms with E-state index in [9.17, 15) is 0 Å². The summed E-state index contributed by atoms with van der Waals surface area (Å²) in [6.45, 7) is 0. The van der Waals surface area contributed by atoms with Crippen LogP contribution in [0.25, 0.3) is 0 Å². The first-order chi connectivity index (χ1) is 6.40. The Morgan fingerprint density at radius 3 is 3.23 bits per heavy atom. The van der Waals surface area contributed by atoms with Crippen LogP contribution >= 0.6 is 24.4 Å². The molecular formula is C7H8N4S2. The minimum Gasteiger partial charge on any atom is -0.240 e. The van der Waals surface area contributed by atoms with Crippen LogP contribution in [0.4, 0.5) is 5.82 Å². The molecule has 6 heteroatoms. The smallest absolute Gasteiger partial charge is 0.153 e. The van der Waals surface area contributed by atoms with E-state index in [-0.39, 0.29) is 0 Å². The molecule has 0 saturated carbocycles. The summed E-state index contributed by atoms with van der Waals surface area (Å²) in [5.41, 5.74) is 1.81. The first-order valence-electron chi connectivity index (χ1n) is 3.74. The largest absolute Gasteiger partial charge is 0.240 e. The van der Waals surface area contributed by atoms with Gasteiger partial charge in [-0.25, -0.2) is 15.0 Å². The van der Waals surface area contributed by atoms with Gasteiger partial charge < -0.3 is 0 Å². The van der Waals surface area contributed by atoms with E-state index in [4.69, 9.17) is 0 Å². The molecule has 0 fully saturated rings. The zero-order chi connectivity index (χ0) is 9.10. The van der Waals surface area contributed by atoms with Gasteiger partial charge in [0, 0.05) is 12.3 Å². The predicted molar refractivity (Wildman–Crippen MR) is 58.2 cm³/mol. The van der Waals surface area contributed by atoms with Gasteiger partial charge in [-0.2, -0.15) is 17.7 Å². The Labute approximate surface area is 85.9 Å². The van der Waals surface area contributed by atoms with Crippen molar-refractivity contribution in [1.29, 1.82) is 0 Å². The molecule has 1 aliphatic heterocycles. The molecule has 0 N–H and O–H groups in total. The number of hydrazone groups is 1. The lowest BCUT2D eigenvalue weighted by Gasteiger charge is -2.11. The summed E-state index contributed by atoms with van der Waals surface area (Å²) >= 11 is 5.76. The first kappa shape index (κ1) is 8.83. The minimum absolute atomic E-state index is 0.554. The molecule has 0 aliphatic carbocycles. The van der Waals surface area contributed by atoms with Crippen LogP contribution < -0.4 is 5.01 Å². The summed E-state index contributed by atoms with van der Waals surface area (Å²) in [5.74, 6) is 2.94. The maximum Gasteiger partial charge on any atom is 0.153 e. The maximum absolute atomic E-state index is 4.28. The molecule has 0 saturated heterocycles. The molecule has 0 unspecified atom stereocenters. The highest BCUT2D eigenvalue weighted by Crippen LogP contribution is 2.18. The number of nitrogens with zero attached hydrogens (tertiary/aromatic N) is 4. The summed E-state index contributed by atoms with van der Waals surface area (Å²) in [7, 11) is 0. The van der Waals surface area contributed by atoms with Crippen LogP contribution in [0.5, 0.6) is 0 Å². The number of hydrogen-bond acceptors (Lipinski definition) is 6. The summed E-state index contributed by atoms with van der Waals surface area (Å²) in [6.07, 6.45) is 1.73. The van der Waals surface area contributed by atoms with Crippen molar-refractivity contribution >= 4 is 35.8 Å². The van der Waals surface area contributed by atoms with Crippen molar-refractivity contribution in [3.8, 4) is 0 Å². The second-order valence-corrected chi connectivity index (χ2v) is 3.52. The number of aromatic nitrogens is 2. The highest BCUT2D eigenvalue weighted by atomic mass is 32.2. The van der Waals surface area contributed by atoms with E-state index in [1.807, 2.05) is 16.6 Å². The zero-order valence-corrected chi connectivity index (χ0v) is 8.50. The van der Waals surface area contributed by atoms with Gasteiger partial charge in [-0.3, -0.25) is 0 Å². The third-order valence-electron chi connectivity index (χ3n) is 1.55. The highest BCUT2D eigenvalue weighted by molar-refractivity contribution is 8.12. The Balaban J connectivity index is 2.24. The average molecular weight is 212 g/mol. The molecule has 68 valence electrons. The fourth-order valence-electron chi connectivity index (χ4n) is 0.961. The summed E-state index contributed by atoms with van der Waals surface area (Å²) in [5, 5.41) is 5.97. The summed E-state index contributed by atoms with van der Waals surface area (Å²) in [4.78, 5) is 8.34. The van der Waals surface area contributed by atoms with Crippen molar-refractivity contribution in [1.82, 2.24) is 9.97 Å². The van der Waals surface area contributed by atoms with Crippen LogP contribution in [0.1, 0.15) is 5.82 Å². The van der Waals surface area contributed by atoms with Crippen LogP contribution in [0.2, 0.25) is 0 Å². The second-order valence-electron chi connectivity index (χ2n) is 2.41. The van der Waals surface area contributed by atoms with E-state index >= 15 is 0 Å². The SMILES string of the molecule is SCc1nccc(N2CSC=N2)n1. The maximum atomic E-state index is 4.28. The van der Waals surface area contributed by atoms with Gasteiger partial charge in [0.05, 0.1) is 17.2 Å². The van der Waals surface area contributed by atoms with Gasteiger partial charge in [0.1, 0.15) is 5.82 Å². The van der Waals surface area contributed by atoms with Crippen molar-refractivity contribution in [3.63, 3.8) is 0 Å². The standard InChI is InChI=1S/C7H8N4S2/c12-3-6-8-2-1-7(10-6)11-5-13-4-9-11/h1-2,4,12H,3,5H2. The first-order valence-corrected chi connectivity index (χ1v) is 5.42. The van der Waals surface area contributed by atoms with Crippen molar-refractivity contribution in [2.24, 2.45) is 5.10 Å². The van der Waals surface area contributed by atoms with Gasteiger partial charge in [0.15, 0.2) is 5.82 Å². The lowest BCUT2D eigenvalue weighted by molar-refractivity contribution is 0.931. The third kappa shape index (κ3) is 1.94. The monoisotopic (exact) mass is 212 g/mol. The minimum atomic E-state index is 0.554. The number of hydrogen-bond donors (Lipinski definition) is 1. The molecule has 0 atom stereocenters. The molecule has 1 aliphatic rings. The van der Waals surface area contributed by atoms with Crippen LogP contribution in [0.3, 0.4) is 0 Å². The number of anilines is 1. The number of thiol groups is 1. The molecule has 13 heavy (non-hydrogen) atoms. The van der Waals surface area contributed by atoms with E-state index in [0.717, 1.165) is 17.5 Å². The van der Waals surface area contributed by atoms with Crippen molar-refractivity contribution in [2.75, 3.05) is 10.9 Å². The molecule has 2 heterocycles. The fraction of sp³-hybridized carbons (Fsp3) is 0.286. The van der Waals surface area contributed by atoms with Crippen LogP contribution in [-0.2, 0) is 5.75 Å². The molecule has 0 bridgehead atoms. The Kier molecular flexibility index (Phi) is 2.70. The lowest BCUT2D eigenvalue weighted by atomic mass is 10.5. The Bertz CT molecular complexity index is 328. The van der Waals surface area contributed by atoms with Gasteiger partial charge in [0.25, 0.3) is 0 Å². The molecule has 0 spiro atoms. The van der Waals surface area contributed by atoms with Gasteiger partial charge in [-0.1, -0.05) is 11.8 Å². The zero-order valence-electron chi connectivity index (χ0n) is 6.79. The Morgan fingerprint density at radius 2 is 2.54 bits per heavy atom. The molecule has 1 aromatic heterocycles. The Hall–Kier alpha value is -0.750. The quantitative estimate of drug-likeness (QED) is 0.752. The molecule has 2 rings (SSSR count). The normalized spacial score (nSPS) is 15.3. The van der Waals surface area contributed by atoms with Crippen LogP contribution in [0, 0.1) is 0 Å². The van der Waals surface area contributed by atoms with E-state index in [0.29, 0.717) is 5.75 Å². The van der Waals surface area contributed by atoms with Crippen LogP contribution in [0.15, 0.2) is 17.4 Å². The second kappa shape index (κ2) is 3.97. The van der Waals surface area contributed by atoms with Crippen molar-refractivity contribution < 1.29 is 0 Å². The molecule has 0 amide bonds. The van der Waals surface area contributed by atoms with Gasteiger partial charge >= 0.3 is 0 Å². The third-order valence-corrected chi connectivity index (χ3v) is 2.47. The molecule has 0 aromatic carbocycles. The number of thioether (sulfide) groups is 1. The predicted octanol–water partition coefficient (Wildman–Crippen LogP) is 1.36. The Morgan fingerprint density at radius 1 is 1.62 bits per heavy atom. The molecule has 0 radical (unpaired) electrons. The van der Waals surface area contributed by atoms with Crippen LogP contribution in [-0.4, -0.2) is 21.4 Å². The van der Waals surface area contributed by atoms with Gasteiger partial charge in [-0.15, -0.1) is 0 Å².